The second-order valence-electron chi connectivity index (χ2n) is 4.66. The Labute approximate surface area is 105 Å². The first-order valence-electron chi connectivity index (χ1n) is 5.90. The smallest absolute Gasteiger partial charge is 0.315 e. The van der Waals surface area contributed by atoms with Crippen LogP contribution in [0.1, 0.15) is 49.3 Å². The lowest BCUT2D eigenvalue weighted by Gasteiger charge is -2.27. The first kappa shape index (κ1) is 12.4. The number of amides is 2. The van der Waals surface area contributed by atoms with Crippen molar-refractivity contribution in [3.8, 4) is 0 Å². The molecule has 1 heterocycles. The Morgan fingerprint density at radius 3 is 3.00 bits per heavy atom. The minimum Gasteiger partial charge on any atom is -0.388 e. The predicted octanol–water partition coefficient (Wildman–Crippen LogP) is 2.32. The summed E-state index contributed by atoms with van der Waals surface area (Å²) in [5, 5.41) is 17.6. The summed E-state index contributed by atoms with van der Waals surface area (Å²) in [6.45, 7) is 3.86. The standard InChI is InChI=1S/C12H18N2O2S/c1-7(2)13-12(16)14-9-3-4-10(15)11-8(9)5-6-17-11/h5-7,9-10,15H,3-4H2,1-2H3,(H2,13,14,16)/t9-,10-/m1/s1. The Hall–Kier alpha value is -1.07. The number of aliphatic hydroxyl groups excluding tert-OH is 1. The molecule has 2 amide bonds. The fraction of sp³-hybridized carbons (Fsp3) is 0.583. The van der Waals surface area contributed by atoms with E-state index in [-0.39, 0.29) is 24.2 Å². The van der Waals surface area contributed by atoms with Crippen LogP contribution in [0.25, 0.3) is 0 Å². The van der Waals surface area contributed by atoms with E-state index in [0.717, 1.165) is 16.9 Å². The third-order valence-electron chi connectivity index (χ3n) is 2.86. The van der Waals surface area contributed by atoms with Crippen molar-refractivity contribution in [2.75, 3.05) is 0 Å². The average molecular weight is 254 g/mol. The Balaban J connectivity index is 2.05. The number of fused-ring (bicyclic) bond motifs is 1. The van der Waals surface area contributed by atoms with E-state index >= 15 is 0 Å². The van der Waals surface area contributed by atoms with Gasteiger partial charge in [0.15, 0.2) is 0 Å². The van der Waals surface area contributed by atoms with Crippen molar-refractivity contribution in [1.29, 1.82) is 0 Å². The van der Waals surface area contributed by atoms with E-state index in [0.29, 0.717) is 6.42 Å². The number of hydrogen-bond donors (Lipinski definition) is 3. The van der Waals surface area contributed by atoms with Gasteiger partial charge in [-0.3, -0.25) is 0 Å². The lowest BCUT2D eigenvalue weighted by atomic mass is 9.92. The summed E-state index contributed by atoms with van der Waals surface area (Å²) in [6.07, 6.45) is 1.13. The average Bonchev–Trinajstić information content (AvgIpc) is 2.70. The zero-order valence-corrected chi connectivity index (χ0v) is 10.9. The van der Waals surface area contributed by atoms with Gasteiger partial charge in [-0.1, -0.05) is 0 Å². The second-order valence-corrected chi connectivity index (χ2v) is 5.61. The molecule has 0 aromatic carbocycles. The Morgan fingerprint density at radius 2 is 2.29 bits per heavy atom. The SMILES string of the molecule is CC(C)NC(=O)N[C@@H]1CC[C@@H](O)c2sccc21. The number of carbonyl (C=O) groups is 1. The normalized spacial score (nSPS) is 23.3. The van der Waals surface area contributed by atoms with E-state index in [2.05, 4.69) is 10.6 Å². The highest BCUT2D eigenvalue weighted by Gasteiger charge is 2.28. The minimum absolute atomic E-state index is 0.0263. The first-order valence-corrected chi connectivity index (χ1v) is 6.78. The van der Waals surface area contributed by atoms with Crippen LogP contribution in [0.2, 0.25) is 0 Å². The molecule has 1 aromatic heterocycles. The Morgan fingerprint density at radius 1 is 1.53 bits per heavy atom. The first-order chi connectivity index (χ1) is 8.08. The van der Waals surface area contributed by atoms with Crippen LogP contribution in [0, 0.1) is 0 Å². The molecule has 4 nitrogen and oxygen atoms in total. The van der Waals surface area contributed by atoms with Crippen molar-refractivity contribution in [2.45, 2.75) is 44.9 Å². The summed E-state index contributed by atoms with van der Waals surface area (Å²) in [6, 6.07) is 2.01. The molecule has 1 aliphatic carbocycles. The van der Waals surface area contributed by atoms with Gasteiger partial charge in [0.05, 0.1) is 12.1 Å². The molecule has 0 fully saturated rings. The zero-order chi connectivity index (χ0) is 12.4. The summed E-state index contributed by atoms with van der Waals surface area (Å²) in [5.41, 5.74) is 1.06. The third-order valence-corrected chi connectivity index (χ3v) is 3.89. The molecule has 0 radical (unpaired) electrons. The minimum atomic E-state index is -0.365. The van der Waals surface area contributed by atoms with Crippen LogP contribution in [0.4, 0.5) is 4.79 Å². The molecule has 1 aromatic rings. The van der Waals surface area contributed by atoms with Gasteiger partial charge in [0.1, 0.15) is 0 Å². The van der Waals surface area contributed by atoms with E-state index in [1.807, 2.05) is 25.3 Å². The van der Waals surface area contributed by atoms with Crippen LogP contribution in [0.5, 0.6) is 0 Å². The number of rotatable bonds is 2. The number of urea groups is 1. The van der Waals surface area contributed by atoms with Gasteiger partial charge >= 0.3 is 6.03 Å². The lowest BCUT2D eigenvalue weighted by Crippen LogP contribution is -2.42. The van der Waals surface area contributed by atoms with E-state index in [4.69, 9.17) is 0 Å². The molecule has 5 heteroatoms. The number of carbonyl (C=O) groups excluding carboxylic acids is 1. The monoisotopic (exact) mass is 254 g/mol. The van der Waals surface area contributed by atoms with E-state index < -0.39 is 0 Å². The van der Waals surface area contributed by atoms with Crippen LogP contribution >= 0.6 is 11.3 Å². The molecule has 2 rings (SSSR count). The summed E-state index contributed by atoms with van der Waals surface area (Å²) < 4.78 is 0. The van der Waals surface area contributed by atoms with Crippen LogP contribution < -0.4 is 10.6 Å². The number of aliphatic hydroxyl groups is 1. The van der Waals surface area contributed by atoms with Crippen molar-refractivity contribution >= 4 is 17.4 Å². The molecular weight excluding hydrogens is 236 g/mol. The van der Waals surface area contributed by atoms with Crippen LogP contribution in [0.15, 0.2) is 11.4 Å². The molecule has 1 aliphatic rings. The topological polar surface area (TPSA) is 61.4 Å². The van der Waals surface area contributed by atoms with Gasteiger partial charge in [0.2, 0.25) is 0 Å². The van der Waals surface area contributed by atoms with Gasteiger partial charge in [-0.25, -0.2) is 4.79 Å². The highest BCUT2D eigenvalue weighted by atomic mass is 32.1. The molecule has 2 atom stereocenters. The molecule has 0 unspecified atom stereocenters. The third kappa shape index (κ3) is 2.79. The fourth-order valence-corrected chi connectivity index (χ4v) is 3.10. The van der Waals surface area contributed by atoms with Gasteiger partial charge in [-0.05, 0) is 43.7 Å². The van der Waals surface area contributed by atoms with Gasteiger partial charge in [0, 0.05) is 10.9 Å². The highest BCUT2D eigenvalue weighted by molar-refractivity contribution is 7.10. The molecule has 0 saturated heterocycles. The molecule has 3 N–H and O–H groups in total. The lowest BCUT2D eigenvalue weighted by molar-refractivity contribution is 0.151. The Bertz CT molecular complexity index is 403. The number of hydrogen-bond acceptors (Lipinski definition) is 3. The molecule has 0 saturated carbocycles. The fourth-order valence-electron chi connectivity index (χ4n) is 2.11. The zero-order valence-electron chi connectivity index (χ0n) is 10.1. The van der Waals surface area contributed by atoms with Crippen molar-refractivity contribution in [1.82, 2.24) is 10.6 Å². The Kier molecular flexibility index (Phi) is 3.69. The van der Waals surface area contributed by atoms with Crippen LogP contribution in [-0.4, -0.2) is 17.2 Å². The van der Waals surface area contributed by atoms with Crippen molar-refractivity contribution in [2.24, 2.45) is 0 Å². The highest BCUT2D eigenvalue weighted by Crippen LogP contribution is 2.39. The van der Waals surface area contributed by atoms with E-state index in [1.54, 1.807) is 11.3 Å². The van der Waals surface area contributed by atoms with Gasteiger partial charge in [-0.2, -0.15) is 0 Å². The number of thiophene rings is 1. The van der Waals surface area contributed by atoms with Crippen LogP contribution in [-0.2, 0) is 0 Å². The number of nitrogens with one attached hydrogen (secondary N) is 2. The quantitative estimate of drug-likeness (QED) is 0.758. The van der Waals surface area contributed by atoms with E-state index in [1.165, 1.54) is 0 Å². The van der Waals surface area contributed by atoms with Crippen molar-refractivity contribution in [3.05, 3.63) is 21.9 Å². The molecule has 94 valence electrons. The van der Waals surface area contributed by atoms with Gasteiger partial charge < -0.3 is 15.7 Å². The molecule has 0 aliphatic heterocycles. The van der Waals surface area contributed by atoms with E-state index in [9.17, 15) is 9.90 Å². The molecule has 0 bridgehead atoms. The second kappa shape index (κ2) is 5.06. The predicted molar refractivity (Wildman–Crippen MR) is 68.1 cm³/mol. The van der Waals surface area contributed by atoms with Crippen molar-refractivity contribution < 1.29 is 9.90 Å². The summed E-state index contributed by atoms with van der Waals surface area (Å²) in [7, 11) is 0. The van der Waals surface area contributed by atoms with Gasteiger partial charge in [0.25, 0.3) is 0 Å². The van der Waals surface area contributed by atoms with Crippen molar-refractivity contribution in [3.63, 3.8) is 0 Å². The molecule has 17 heavy (non-hydrogen) atoms. The maximum Gasteiger partial charge on any atom is 0.315 e. The molecule has 0 spiro atoms. The maximum atomic E-state index is 11.7. The molecular formula is C12H18N2O2S. The summed E-state index contributed by atoms with van der Waals surface area (Å²) in [4.78, 5) is 12.6. The summed E-state index contributed by atoms with van der Waals surface area (Å²) >= 11 is 1.56. The maximum absolute atomic E-state index is 11.7. The van der Waals surface area contributed by atoms with Crippen LogP contribution in [0.3, 0.4) is 0 Å². The van der Waals surface area contributed by atoms with Gasteiger partial charge in [-0.15, -0.1) is 11.3 Å². The summed E-state index contributed by atoms with van der Waals surface area (Å²) in [5.74, 6) is 0. The largest absolute Gasteiger partial charge is 0.388 e.